The second-order valence-corrected chi connectivity index (χ2v) is 5.47. The molecule has 0 saturated heterocycles. The Morgan fingerprint density at radius 1 is 1.05 bits per heavy atom. The lowest BCUT2D eigenvalue weighted by Crippen LogP contribution is -2.04. The van der Waals surface area contributed by atoms with Crippen LogP contribution in [0.4, 0.5) is 0 Å². The van der Waals surface area contributed by atoms with Gasteiger partial charge in [-0.2, -0.15) is 0 Å². The first kappa shape index (κ1) is 14.4. The van der Waals surface area contributed by atoms with Crippen LogP contribution in [0.1, 0.15) is 21.5 Å². The van der Waals surface area contributed by atoms with E-state index in [-0.39, 0.29) is 12.2 Å². The van der Waals surface area contributed by atoms with Gasteiger partial charge in [0, 0.05) is 17.0 Å². The minimum absolute atomic E-state index is 0.0102. The Bertz CT molecular complexity index is 635. The van der Waals surface area contributed by atoms with Gasteiger partial charge in [0.05, 0.1) is 10.0 Å². The lowest BCUT2D eigenvalue weighted by atomic mass is 10.0. The summed E-state index contributed by atoms with van der Waals surface area (Å²) in [5, 5.41) is 1.54. The first-order valence-corrected chi connectivity index (χ1v) is 6.84. The van der Waals surface area contributed by atoms with Crippen LogP contribution in [-0.2, 0) is 6.42 Å². The number of carbonyl (C=O) groups excluding carboxylic acids is 1. The first-order chi connectivity index (χ1) is 8.99. The molecule has 2 aromatic carbocycles. The van der Waals surface area contributed by atoms with Crippen LogP contribution >= 0.6 is 34.8 Å². The van der Waals surface area contributed by atoms with Gasteiger partial charge in [-0.05, 0) is 42.3 Å². The second-order valence-electron chi connectivity index (χ2n) is 4.28. The van der Waals surface area contributed by atoms with Gasteiger partial charge in [-0.15, -0.1) is 0 Å². The van der Waals surface area contributed by atoms with Crippen molar-refractivity contribution in [3.05, 3.63) is 68.2 Å². The summed E-state index contributed by atoms with van der Waals surface area (Å²) in [6, 6.07) is 10.5. The van der Waals surface area contributed by atoms with Crippen molar-refractivity contribution in [2.45, 2.75) is 13.3 Å². The van der Waals surface area contributed by atoms with E-state index < -0.39 is 0 Å². The van der Waals surface area contributed by atoms with E-state index in [9.17, 15) is 4.79 Å². The third-order valence-corrected chi connectivity index (χ3v) is 4.14. The molecule has 0 unspecified atom stereocenters. The van der Waals surface area contributed by atoms with E-state index >= 15 is 0 Å². The van der Waals surface area contributed by atoms with Gasteiger partial charge >= 0.3 is 0 Å². The standard InChI is InChI=1S/C15H11Cl3O/c1-9-7-10(5-6-12(9)16)14(19)8-11-3-2-4-13(17)15(11)18/h2-7H,8H2,1H3. The SMILES string of the molecule is Cc1cc(C(=O)Cc2cccc(Cl)c2Cl)ccc1Cl. The van der Waals surface area contributed by atoms with Crippen molar-refractivity contribution in [1.29, 1.82) is 0 Å². The van der Waals surface area contributed by atoms with E-state index in [0.717, 1.165) is 11.1 Å². The minimum Gasteiger partial charge on any atom is -0.294 e. The molecule has 2 rings (SSSR count). The molecule has 0 amide bonds. The maximum Gasteiger partial charge on any atom is 0.167 e. The summed E-state index contributed by atoms with van der Waals surface area (Å²) in [6.45, 7) is 1.87. The van der Waals surface area contributed by atoms with E-state index in [1.165, 1.54) is 0 Å². The van der Waals surface area contributed by atoms with Crippen LogP contribution < -0.4 is 0 Å². The van der Waals surface area contributed by atoms with Crippen LogP contribution in [0.15, 0.2) is 36.4 Å². The molecule has 0 aliphatic carbocycles. The number of hydrogen-bond acceptors (Lipinski definition) is 1. The third-order valence-electron chi connectivity index (χ3n) is 2.86. The summed E-state index contributed by atoms with van der Waals surface area (Å²) in [5.74, 6) is -0.0102. The van der Waals surface area contributed by atoms with Gasteiger partial charge in [0.1, 0.15) is 0 Å². The highest BCUT2D eigenvalue weighted by Gasteiger charge is 2.12. The van der Waals surface area contributed by atoms with Crippen molar-refractivity contribution in [2.75, 3.05) is 0 Å². The Morgan fingerprint density at radius 2 is 1.79 bits per heavy atom. The molecule has 0 atom stereocenters. The molecule has 0 radical (unpaired) electrons. The molecule has 0 bridgehead atoms. The lowest BCUT2D eigenvalue weighted by molar-refractivity contribution is 0.0993. The summed E-state index contributed by atoms with van der Waals surface area (Å²) in [7, 11) is 0. The van der Waals surface area contributed by atoms with Gasteiger partial charge in [0.2, 0.25) is 0 Å². The average Bonchev–Trinajstić information content (AvgIpc) is 2.38. The predicted molar refractivity (Wildman–Crippen MR) is 80.7 cm³/mol. The van der Waals surface area contributed by atoms with Gasteiger partial charge in [-0.1, -0.05) is 46.9 Å². The molecule has 0 fully saturated rings. The Balaban J connectivity index is 2.26. The smallest absolute Gasteiger partial charge is 0.167 e. The third kappa shape index (κ3) is 3.30. The highest BCUT2D eigenvalue weighted by Crippen LogP contribution is 2.27. The summed E-state index contributed by atoms with van der Waals surface area (Å²) in [5.41, 5.74) is 2.23. The number of benzene rings is 2. The van der Waals surface area contributed by atoms with Gasteiger partial charge in [-0.25, -0.2) is 0 Å². The molecule has 0 spiro atoms. The molecule has 4 heteroatoms. The van der Waals surface area contributed by atoms with E-state index in [1.54, 1.807) is 36.4 Å². The van der Waals surface area contributed by atoms with Crippen molar-refractivity contribution in [2.24, 2.45) is 0 Å². The van der Waals surface area contributed by atoms with Gasteiger partial charge in [-0.3, -0.25) is 4.79 Å². The van der Waals surface area contributed by atoms with E-state index in [2.05, 4.69) is 0 Å². The van der Waals surface area contributed by atoms with Crippen molar-refractivity contribution >= 4 is 40.6 Å². The second kappa shape index (κ2) is 5.96. The maximum atomic E-state index is 12.2. The molecule has 19 heavy (non-hydrogen) atoms. The Kier molecular flexibility index (Phi) is 4.51. The van der Waals surface area contributed by atoms with E-state index in [1.807, 2.05) is 6.92 Å². The van der Waals surface area contributed by atoms with Crippen molar-refractivity contribution in [3.63, 3.8) is 0 Å². The number of hydrogen-bond donors (Lipinski definition) is 0. The van der Waals surface area contributed by atoms with Crippen molar-refractivity contribution in [1.82, 2.24) is 0 Å². The van der Waals surface area contributed by atoms with Crippen LogP contribution in [0, 0.1) is 6.92 Å². The number of ketones is 1. The fraction of sp³-hybridized carbons (Fsp3) is 0.133. The van der Waals surface area contributed by atoms with Crippen molar-refractivity contribution in [3.8, 4) is 0 Å². The first-order valence-electron chi connectivity index (χ1n) is 5.71. The van der Waals surface area contributed by atoms with Gasteiger partial charge < -0.3 is 0 Å². The molecule has 0 saturated carbocycles. The summed E-state index contributed by atoms with van der Waals surface area (Å²) < 4.78 is 0. The van der Waals surface area contributed by atoms with Crippen LogP contribution in [0.3, 0.4) is 0 Å². The lowest BCUT2D eigenvalue weighted by Gasteiger charge is -2.06. The Hall–Kier alpha value is -1.02. The maximum absolute atomic E-state index is 12.2. The zero-order valence-corrected chi connectivity index (χ0v) is 12.5. The zero-order valence-electron chi connectivity index (χ0n) is 10.2. The quantitative estimate of drug-likeness (QED) is 0.695. The number of halogens is 3. The molecular formula is C15H11Cl3O. The Morgan fingerprint density at radius 3 is 2.47 bits per heavy atom. The highest BCUT2D eigenvalue weighted by molar-refractivity contribution is 6.42. The van der Waals surface area contributed by atoms with Crippen LogP contribution in [0.2, 0.25) is 15.1 Å². The summed E-state index contributed by atoms with van der Waals surface area (Å²) in [4.78, 5) is 12.2. The number of rotatable bonds is 3. The summed E-state index contributed by atoms with van der Waals surface area (Å²) in [6.07, 6.45) is 0.223. The van der Waals surface area contributed by atoms with E-state index in [4.69, 9.17) is 34.8 Å². The molecule has 0 N–H and O–H groups in total. The minimum atomic E-state index is -0.0102. The van der Waals surface area contributed by atoms with Gasteiger partial charge in [0.25, 0.3) is 0 Å². The predicted octanol–water partition coefficient (Wildman–Crippen LogP) is 5.38. The normalized spacial score (nSPS) is 10.5. The largest absolute Gasteiger partial charge is 0.294 e. The molecule has 0 aliphatic heterocycles. The van der Waals surface area contributed by atoms with Crippen molar-refractivity contribution < 1.29 is 4.79 Å². The highest BCUT2D eigenvalue weighted by atomic mass is 35.5. The topological polar surface area (TPSA) is 17.1 Å². The monoisotopic (exact) mass is 312 g/mol. The zero-order chi connectivity index (χ0) is 14.0. The van der Waals surface area contributed by atoms with Crippen LogP contribution in [-0.4, -0.2) is 5.78 Å². The number of Topliss-reactive ketones (excluding diaryl/α,β-unsaturated/α-hetero) is 1. The van der Waals surface area contributed by atoms with Crippen LogP contribution in [0.5, 0.6) is 0 Å². The molecule has 98 valence electrons. The molecular weight excluding hydrogens is 303 g/mol. The fourth-order valence-electron chi connectivity index (χ4n) is 1.78. The molecule has 0 aliphatic rings. The fourth-order valence-corrected chi connectivity index (χ4v) is 2.28. The number of aryl methyl sites for hydroxylation is 1. The Labute approximate surface area is 127 Å². The molecule has 0 heterocycles. The van der Waals surface area contributed by atoms with Crippen LogP contribution in [0.25, 0.3) is 0 Å². The van der Waals surface area contributed by atoms with Gasteiger partial charge in [0.15, 0.2) is 5.78 Å². The molecule has 1 nitrogen and oxygen atoms in total. The average molecular weight is 314 g/mol. The summed E-state index contributed by atoms with van der Waals surface area (Å²) >= 11 is 17.9. The number of carbonyl (C=O) groups is 1. The molecule has 0 aromatic heterocycles. The molecule has 2 aromatic rings. The van der Waals surface area contributed by atoms with E-state index in [0.29, 0.717) is 20.6 Å².